The Bertz CT molecular complexity index is 350. The summed E-state index contributed by atoms with van der Waals surface area (Å²) in [5.74, 6) is 2.47. The molecular weight excluding hydrogens is 230 g/mol. The molecule has 1 aliphatic rings. The minimum atomic E-state index is -0.387. The van der Waals surface area contributed by atoms with Crippen LogP contribution < -0.4 is 5.32 Å². The summed E-state index contributed by atoms with van der Waals surface area (Å²) in [5.41, 5.74) is 2.22. The molecule has 2 atom stereocenters. The molecule has 0 saturated carbocycles. The van der Waals surface area contributed by atoms with E-state index in [1.165, 1.54) is 29.9 Å². The summed E-state index contributed by atoms with van der Waals surface area (Å²) < 4.78 is 0. The van der Waals surface area contributed by atoms with Crippen molar-refractivity contribution in [3.8, 4) is 0 Å². The van der Waals surface area contributed by atoms with Crippen molar-refractivity contribution < 1.29 is 5.11 Å². The molecule has 1 aliphatic heterocycles. The molecule has 1 aromatic rings. The van der Waals surface area contributed by atoms with E-state index >= 15 is 0 Å². The van der Waals surface area contributed by atoms with Crippen LogP contribution in [0.2, 0.25) is 0 Å². The van der Waals surface area contributed by atoms with E-state index in [2.05, 4.69) is 24.4 Å². The first kappa shape index (κ1) is 12.9. The van der Waals surface area contributed by atoms with E-state index in [1.807, 2.05) is 23.9 Å². The van der Waals surface area contributed by atoms with Crippen molar-refractivity contribution in [3.63, 3.8) is 0 Å². The summed E-state index contributed by atoms with van der Waals surface area (Å²) in [7, 11) is 0. The molecular formula is C14H21NOS. The van der Waals surface area contributed by atoms with Gasteiger partial charge in [-0.25, -0.2) is 0 Å². The zero-order valence-electron chi connectivity index (χ0n) is 10.4. The molecule has 1 aromatic carbocycles. The molecule has 0 aliphatic carbocycles. The van der Waals surface area contributed by atoms with Crippen LogP contribution in [0.25, 0.3) is 0 Å². The average Bonchev–Trinajstić information content (AvgIpc) is 2.37. The number of thioether (sulfide) groups is 1. The highest BCUT2D eigenvalue weighted by Gasteiger charge is 2.15. The second-order valence-electron chi connectivity index (χ2n) is 4.75. The highest BCUT2D eigenvalue weighted by Crippen LogP contribution is 2.18. The number of rotatable bonds is 4. The van der Waals surface area contributed by atoms with E-state index in [1.54, 1.807) is 0 Å². The van der Waals surface area contributed by atoms with Crippen LogP contribution in [-0.2, 0) is 0 Å². The van der Waals surface area contributed by atoms with Gasteiger partial charge < -0.3 is 10.4 Å². The predicted molar refractivity (Wildman–Crippen MR) is 74.5 cm³/mol. The second-order valence-corrected chi connectivity index (χ2v) is 5.90. The monoisotopic (exact) mass is 251 g/mol. The number of nitrogens with one attached hydrogen (secondary N) is 1. The molecule has 1 fully saturated rings. The molecule has 17 heavy (non-hydrogen) atoms. The number of hydrogen-bond donors (Lipinski definition) is 2. The Hall–Kier alpha value is -0.510. The van der Waals surface area contributed by atoms with Gasteiger partial charge in [-0.1, -0.05) is 29.8 Å². The molecule has 2 N–H and O–H groups in total. The van der Waals surface area contributed by atoms with E-state index < -0.39 is 0 Å². The third-order valence-corrected chi connectivity index (χ3v) is 4.40. The lowest BCUT2D eigenvalue weighted by Gasteiger charge is -2.24. The van der Waals surface area contributed by atoms with Crippen molar-refractivity contribution >= 4 is 11.8 Å². The average molecular weight is 251 g/mol. The Morgan fingerprint density at radius 3 is 3.12 bits per heavy atom. The van der Waals surface area contributed by atoms with Crippen LogP contribution >= 0.6 is 11.8 Å². The third kappa shape index (κ3) is 4.02. The van der Waals surface area contributed by atoms with E-state index in [-0.39, 0.29) is 6.10 Å². The van der Waals surface area contributed by atoms with Crippen LogP contribution in [0.4, 0.5) is 0 Å². The smallest absolute Gasteiger partial charge is 0.0914 e. The minimum absolute atomic E-state index is 0.387. The summed E-state index contributed by atoms with van der Waals surface area (Å²) in [6, 6.07) is 8.69. The Balaban J connectivity index is 1.82. The topological polar surface area (TPSA) is 32.3 Å². The quantitative estimate of drug-likeness (QED) is 0.862. The molecule has 1 saturated heterocycles. The Morgan fingerprint density at radius 1 is 1.53 bits per heavy atom. The van der Waals surface area contributed by atoms with Gasteiger partial charge in [0.25, 0.3) is 0 Å². The molecule has 2 rings (SSSR count). The van der Waals surface area contributed by atoms with Gasteiger partial charge in [0.2, 0.25) is 0 Å². The Kier molecular flexibility index (Phi) is 4.89. The van der Waals surface area contributed by atoms with Crippen LogP contribution in [0.5, 0.6) is 0 Å². The Morgan fingerprint density at radius 2 is 2.41 bits per heavy atom. The van der Waals surface area contributed by atoms with Crippen molar-refractivity contribution in [3.05, 3.63) is 35.4 Å². The number of aryl methyl sites for hydroxylation is 1. The fraction of sp³-hybridized carbons (Fsp3) is 0.571. The lowest BCUT2D eigenvalue weighted by atomic mass is 10.1. The highest BCUT2D eigenvalue weighted by molar-refractivity contribution is 7.99. The van der Waals surface area contributed by atoms with Gasteiger partial charge in [0, 0.05) is 18.3 Å². The van der Waals surface area contributed by atoms with E-state index in [0.717, 1.165) is 5.56 Å². The molecule has 0 aromatic heterocycles. The fourth-order valence-electron chi connectivity index (χ4n) is 2.18. The fourth-order valence-corrected chi connectivity index (χ4v) is 3.28. The molecule has 94 valence electrons. The second kappa shape index (κ2) is 6.43. The molecule has 3 heteroatoms. The van der Waals surface area contributed by atoms with E-state index in [0.29, 0.717) is 12.6 Å². The predicted octanol–water partition coefficient (Wildman–Crippen LogP) is 2.51. The molecule has 0 amide bonds. The van der Waals surface area contributed by atoms with E-state index in [9.17, 15) is 5.11 Å². The summed E-state index contributed by atoms with van der Waals surface area (Å²) in [4.78, 5) is 0. The van der Waals surface area contributed by atoms with Gasteiger partial charge in [-0.15, -0.1) is 0 Å². The van der Waals surface area contributed by atoms with Crippen LogP contribution in [0.1, 0.15) is 30.1 Å². The highest BCUT2D eigenvalue weighted by atomic mass is 32.2. The molecule has 1 heterocycles. The van der Waals surface area contributed by atoms with Gasteiger partial charge in [-0.2, -0.15) is 11.8 Å². The van der Waals surface area contributed by atoms with Gasteiger partial charge in [-0.05, 0) is 31.1 Å². The molecule has 2 unspecified atom stereocenters. The minimum Gasteiger partial charge on any atom is -0.387 e. The third-order valence-electron chi connectivity index (χ3n) is 3.19. The number of hydrogen-bond acceptors (Lipinski definition) is 3. The maximum Gasteiger partial charge on any atom is 0.0914 e. The number of aliphatic hydroxyl groups is 1. The van der Waals surface area contributed by atoms with Gasteiger partial charge in [0.1, 0.15) is 0 Å². The van der Waals surface area contributed by atoms with Crippen LogP contribution in [0, 0.1) is 6.92 Å². The zero-order chi connectivity index (χ0) is 12.1. The van der Waals surface area contributed by atoms with Crippen molar-refractivity contribution in [1.82, 2.24) is 5.32 Å². The number of aliphatic hydroxyl groups excluding tert-OH is 1. The van der Waals surface area contributed by atoms with Gasteiger partial charge in [-0.3, -0.25) is 0 Å². The SMILES string of the molecule is Cc1cccc(C(O)CNC2CCCSC2)c1. The maximum absolute atomic E-state index is 10.1. The molecule has 0 bridgehead atoms. The first-order chi connectivity index (χ1) is 8.25. The summed E-state index contributed by atoms with van der Waals surface area (Å²) in [5, 5.41) is 13.6. The molecule has 0 radical (unpaired) electrons. The first-order valence-electron chi connectivity index (χ1n) is 6.31. The first-order valence-corrected chi connectivity index (χ1v) is 7.47. The zero-order valence-corrected chi connectivity index (χ0v) is 11.2. The lowest BCUT2D eigenvalue weighted by Crippen LogP contribution is -2.36. The van der Waals surface area contributed by atoms with Gasteiger partial charge in [0.05, 0.1) is 6.10 Å². The van der Waals surface area contributed by atoms with Crippen LogP contribution in [0.15, 0.2) is 24.3 Å². The molecule has 0 spiro atoms. The standard InChI is InChI=1S/C14H21NOS/c1-11-4-2-5-12(8-11)14(16)9-15-13-6-3-7-17-10-13/h2,4-5,8,13-16H,3,6-7,9-10H2,1H3. The normalized spacial score (nSPS) is 22.4. The van der Waals surface area contributed by atoms with Crippen molar-refractivity contribution in [2.45, 2.75) is 31.9 Å². The van der Waals surface area contributed by atoms with Crippen molar-refractivity contribution in [1.29, 1.82) is 0 Å². The summed E-state index contributed by atoms with van der Waals surface area (Å²) >= 11 is 2.01. The summed E-state index contributed by atoms with van der Waals surface area (Å²) in [6.45, 7) is 2.72. The number of benzene rings is 1. The summed E-state index contributed by atoms with van der Waals surface area (Å²) in [6.07, 6.45) is 2.15. The van der Waals surface area contributed by atoms with Gasteiger partial charge in [0.15, 0.2) is 0 Å². The van der Waals surface area contributed by atoms with Crippen LogP contribution in [-0.4, -0.2) is 29.2 Å². The van der Waals surface area contributed by atoms with Crippen LogP contribution in [0.3, 0.4) is 0 Å². The van der Waals surface area contributed by atoms with Crippen molar-refractivity contribution in [2.24, 2.45) is 0 Å². The molecule has 2 nitrogen and oxygen atoms in total. The largest absolute Gasteiger partial charge is 0.387 e. The van der Waals surface area contributed by atoms with Crippen molar-refractivity contribution in [2.75, 3.05) is 18.1 Å². The lowest BCUT2D eigenvalue weighted by molar-refractivity contribution is 0.170. The van der Waals surface area contributed by atoms with E-state index in [4.69, 9.17) is 0 Å². The van der Waals surface area contributed by atoms with Gasteiger partial charge >= 0.3 is 0 Å². The maximum atomic E-state index is 10.1. The Labute approximate surface area is 108 Å².